The Morgan fingerprint density at radius 1 is 1.08 bits per heavy atom. The topological polar surface area (TPSA) is 18.5 Å². The summed E-state index contributed by atoms with van der Waals surface area (Å²) in [4.78, 5) is 0. The van der Waals surface area contributed by atoms with Gasteiger partial charge in [-0.3, -0.25) is 0 Å². The van der Waals surface area contributed by atoms with Crippen molar-refractivity contribution in [3.8, 4) is 17.2 Å². The minimum Gasteiger partial charge on any atom is -0.493 e. The molecule has 0 unspecified atom stereocenters. The van der Waals surface area contributed by atoms with E-state index < -0.39 is 0 Å². The van der Waals surface area contributed by atoms with Crippen molar-refractivity contribution in [2.24, 2.45) is 0 Å². The predicted molar refractivity (Wildman–Crippen MR) is 102 cm³/mol. The molecule has 2 nitrogen and oxygen atoms in total. The van der Waals surface area contributed by atoms with Crippen molar-refractivity contribution in [1.82, 2.24) is 0 Å². The lowest BCUT2D eigenvalue weighted by atomic mass is 10.0. The first-order valence-electron chi connectivity index (χ1n) is 8.35. The monoisotopic (exact) mass is 322 g/mol. The molecular formula is C22H26O2. The van der Waals surface area contributed by atoms with Crippen LogP contribution in [-0.2, 0) is 6.42 Å². The van der Waals surface area contributed by atoms with E-state index in [-0.39, 0.29) is 0 Å². The summed E-state index contributed by atoms with van der Waals surface area (Å²) in [7, 11) is 1.67. The van der Waals surface area contributed by atoms with E-state index in [0.717, 1.165) is 42.1 Å². The molecular weight excluding hydrogens is 296 g/mol. The molecule has 0 bridgehead atoms. The van der Waals surface area contributed by atoms with Gasteiger partial charge in [-0.2, -0.15) is 0 Å². The van der Waals surface area contributed by atoms with Crippen LogP contribution in [0.1, 0.15) is 37.8 Å². The number of benzene rings is 2. The molecule has 0 heterocycles. The van der Waals surface area contributed by atoms with Gasteiger partial charge >= 0.3 is 0 Å². The molecule has 2 aromatic carbocycles. The van der Waals surface area contributed by atoms with Crippen LogP contribution in [0.15, 0.2) is 60.7 Å². The fraction of sp³-hybridized carbons (Fsp3) is 0.273. The van der Waals surface area contributed by atoms with E-state index >= 15 is 0 Å². The fourth-order valence-electron chi connectivity index (χ4n) is 2.57. The number of allylic oxidation sites excluding steroid dienone is 2. The highest BCUT2D eigenvalue weighted by Gasteiger charge is 2.09. The van der Waals surface area contributed by atoms with E-state index in [1.54, 1.807) is 7.11 Å². The Labute approximate surface area is 145 Å². The number of hydrogen-bond donors (Lipinski definition) is 0. The molecule has 0 aromatic heterocycles. The number of hydrogen-bond acceptors (Lipinski definition) is 2. The van der Waals surface area contributed by atoms with Crippen molar-refractivity contribution < 1.29 is 9.47 Å². The van der Waals surface area contributed by atoms with Crippen LogP contribution >= 0.6 is 0 Å². The van der Waals surface area contributed by atoms with Gasteiger partial charge in [0.15, 0.2) is 11.5 Å². The zero-order chi connectivity index (χ0) is 17.4. The van der Waals surface area contributed by atoms with E-state index in [2.05, 4.69) is 25.6 Å². The van der Waals surface area contributed by atoms with Crippen LogP contribution in [0.5, 0.6) is 17.2 Å². The molecule has 0 saturated heterocycles. The maximum absolute atomic E-state index is 6.15. The molecule has 2 rings (SSSR count). The Morgan fingerprint density at radius 3 is 2.58 bits per heavy atom. The molecule has 2 heteroatoms. The van der Waals surface area contributed by atoms with Crippen LogP contribution in [0.2, 0.25) is 0 Å². The number of rotatable bonds is 8. The molecule has 24 heavy (non-hydrogen) atoms. The maximum atomic E-state index is 6.15. The fourth-order valence-corrected chi connectivity index (χ4v) is 2.57. The summed E-state index contributed by atoms with van der Waals surface area (Å²) < 4.78 is 11.6. The minimum atomic E-state index is 0.734. The first-order chi connectivity index (χ1) is 11.6. The third-order valence-electron chi connectivity index (χ3n) is 3.79. The van der Waals surface area contributed by atoms with E-state index in [1.165, 1.54) is 11.1 Å². The Kier molecular flexibility index (Phi) is 6.68. The highest BCUT2D eigenvalue weighted by molar-refractivity contribution is 5.56. The zero-order valence-electron chi connectivity index (χ0n) is 14.8. The maximum Gasteiger partial charge on any atom is 0.169 e. The molecule has 0 aliphatic carbocycles. The lowest BCUT2D eigenvalue weighted by Crippen LogP contribution is -1.95. The molecule has 2 aromatic rings. The second-order valence-corrected chi connectivity index (χ2v) is 5.93. The molecule has 0 saturated carbocycles. The average molecular weight is 322 g/mol. The zero-order valence-corrected chi connectivity index (χ0v) is 14.8. The van der Waals surface area contributed by atoms with E-state index in [0.29, 0.717) is 0 Å². The smallest absolute Gasteiger partial charge is 0.169 e. The van der Waals surface area contributed by atoms with Gasteiger partial charge in [-0.05, 0) is 62.4 Å². The Bertz CT molecular complexity index is 714. The number of methoxy groups -OCH3 is 1. The molecule has 126 valence electrons. The Hall–Kier alpha value is -2.48. The van der Waals surface area contributed by atoms with Crippen molar-refractivity contribution in [2.45, 2.75) is 33.1 Å². The highest BCUT2D eigenvalue weighted by atomic mass is 16.5. The van der Waals surface area contributed by atoms with Crippen LogP contribution in [0, 0.1) is 0 Å². The molecule has 0 amide bonds. The largest absolute Gasteiger partial charge is 0.493 e. The van der Waals surface area contributed by atoms with Crippen molar-refractivity contribution in [1.29, 1.82) is 0 Å². The van der Waals surface area contributed by atoms with E-state index in [1.807, 2.05) is 49.4 Å². The molecule has 0 radical (unpaired) electrons. The predicted octanol–water partition coefficient (Wildman–Crippen LogP) is 6.42. The summed E-state index contributed by atoms with van der Waals surface area (Å²) in [5, 5.41) is 0. The first-order valence-corrected chi connectivity index (χ1v) is 8.35. The van der Waals surface area contributed by atoms with Crippen molar-refractivity contribution in [2.75, 3.05) is 7.11 Å². The third-order valence-corrected chi connectivity index (χ3v) is 3.79. The summed E-state index contributed by atoms with van der Waals surface area (Å²) in [5.74, 6) is 2.36. The third kappa shape index (κ3) is 5.02. The standard InChI is InChI=1S/C22H26O2/c1-5-9-18-14-15-21(22(16-18)23-4)24-20-13-7-6-11-19(20)12-8-10-17(2)3/h5-7,9,11,13-16H,2,8,10,12H2,1,3-4H3/b9-5+. The molecule has 0 atom stereocenters. The van der Waals surface area contributed by atoms with Gasteiger partial charge < -0.3 is 9.47 Å². The summed E-state index contributed by atoms with van der Waals surface area (Å²) in [6, 6.07) is 14.1. The summed E-state index contributed by atoms with van der Waals surface area (Å²) >= 11 is 0. The molecule has 0 aliphatic heterocycles. The molecule has 0 fully saturated rings. The number of aryl methyl sites for hydroxylation is 1. The summed E-state index contributed by atoms with van der Waals surface area (Å²) in [5.41, 5.74) is 3.52. The normalized spacial score (nSPS) is 10.8. The molecule has 0 spiro atoms. The van der Waals surface area contributed by atoms with Gasteiger partial charge in [0.2, 0.25) is 0 Å². The first kappa shape index (κ1) is 17.9. The van der Waals surface area contributed by atoms with Crippen LogP contribution in [0.4, 0.5) is 0 Å². The van der Waals surface area contributed by atoms with Crippen molar-refractivity contribution in [3.63, 3.8) is 0 Å². The van der Waals surface area contributed by atoms with E-state index in [9.17, 15) is 0 Å². The van der Waals surface area contributed by atoms with Crippen LogP contribution in [-0.4, -0.2) is 7.11 Å². The second-order valence-electron chi connectivity index (χ2n) is 5.93. The lowest BCUT2D eigenvalue weighted by Gasteiger charge is -2.14. The van der Waals surface area contributed by atoms with Gasteiger partial charge in [0.05, 0.1) is 7.11 Å². The van der Waals surface area contributed by atoms with Crippen molar-refractivity contribution in [3.05, 3.63) is 71.8 Å². The highest BCUT2D eigenvalue weighted by Crippen LogP contribution is 2.34. The van der Waals surface area contributed by atoms with Gasteiger partial charge in [-0.15, -0.1) is 6.58 Å². The van der Waals surface area contributed by atoms with Gasteiger partial charge in [0, 0.05) is 0 Å². The Balaban J connectivity index is 2.20. The SMILES string of the molecule is C=C(C)CCCc1ccccc1Oc1ccc(/C=C/C)cc1OC. The number of para-hydroxylation sites is 1. The average Bonchev–Trinajstić information content (AvgIpc) is 2.57. The van der Waals surface area contributed by atoms with Gasteiger partial charge in [0.1, 0.15) is 5.75 Å². The van der Waals surface area contributed by atoms with Crippen LogP contribution in [0.25, 0.3) is 6.08 Å². The van der Waals surface area contributed by atoms with Gasteiger partial charge in [0.25, 0.3) is 0 Å². The van der Waals surface area contributed by atoms with E-state index in [4.69, 9.17) is 9.47 Å². The van der Waals surface area contributed by atoms with Gasteiger partial charge in [-0.1, -0.05) is 42.0 Å². The Morgan fingerprint density at radius 2 is 1.88 bits per heavy atom. The summed E-state index contributed by atoms with van der Waals surface area (Å²) in [6.45, 7) is 8.04. The minimum absolute atomic E-state index is 0.734. The number of ether oxygens (including phenoxy) is 2. The second kappa shape index (κ2) is 8.97. The van der Waals surface area contributed by atoms with Crippen molar-refractivity contribution >= 4 is 6.08 Å². The van der Waals surface area contributed by atoms with Gasteiger partial charge in [-0.25, -0.2) is 0 Å². The molecule has 0 N–H and O–H groups in total. The molecule has 0 aliphatic rings. The van der Waals surface area contributed by atoms with Crippen LogP contribution in [0.3, 0.4) is 0 Å². The lowest BCUT2D eigenvalue weighted by molar-refractivity contribution is 0.377. The summed E-state index contributed by atoms with van der Waals surface area (Å²) in [6.07, 6.45) is 7.13. The quantitative estimate of drug-likeness (QED) is 0.522. The van der Waals surface area contributed by atoms with Crippen LogP contribution < -0.4 is 9.47 Å².